The monoisotopic (exact) mass is 234 g/mol. The first-order valence-corrected chi connectivity index (χ1v) is 5.92. The molecule has 0 heterocycles. The molecule has 1 atom stereocenters. The van der Waals surface area contributed by atoms with Crippen molar-refractivity contribution in [3.8, 4) is 0 Å². The first-order valence-electron chi connectivity index (χ1n) is 5.92. The zero-order valence-corrected chi connectivity index (χ0v) is 9.82. The van der Waals surface area contributed by atoms with Crippen molar-refractivity contribution in [2.24, 2.45) is 5.73 Å². The normalized spacial score (nSPS) is 17.3. The fourth-order valence-electron chi connectivity index (χ4n) is 2.14. The average molecular weight is 234 g/mol. The minimum Gasteiger partial charge on any atom is -0.370 e. The Labute approximate surface area is 101 Å². The molecule has 0 saturated carbocycles. The Balaban J connectivity index is 1.57. The summed E-state index contributed by atoms with van der Waals surface area (Å²) in [5, 5.41) is 3.32. The lowest BCUT2D eigenvalue weighted by molar-refractivity contribution is -0.122. The van der Waals surface area contributed by atoms with Crippen LogP contribution in [-0.4, -0.2) is 32.2 Å². The second-order valence-electron chi connectivity index (χ2n) is 4.32. The molecule has 1 aliphatic rings. The number of hydrogen-bond donors (Lipinski definition) is 2. The summed E-state index contributed by atoms with van der Waals surface area (Å²) < 4.78 is 5.06. The number of rotatable bonds is 7. The first-order chi connectivity index (χ1) is 8.27. The number of nitrogens with one attached hydrogen (secondary N) is 1. The van der Waals surface area contributed by atoms with E-state index in [1.165, 1.54) is 11.1 Å². The van der Waals surface area contributed by atoms with Crippen molar-refractivity contribution in [1.82, 2.24) is 5.32 Å². The molecule has 1 amide bonds. The average Bonchev–Trinajstić information content (AvgIpc) is 2.28. The summed E-state index contributed by atoms with van der Waals surface area (Å²) in [6, 6.07) is 8.54. The molecular formula is C13H18N2O2. The summed E-state index contributed by atoms with van der Waals surface area (Å²) in [5.74, 6) is 0.209. The van der Waals surface area contributed by atoms with Crippen molar-refractivity contribution >= 4 is 5.91 Å². The number of fused-ring (bicyclic) bond motifs is 1. The van der Waals surface area contributed by atoms with Crippen molar-refractivity contribution in [3.63, 3.8) is 0 Å². The maximum atomic E-state index is 10.4. The van der Waals surface area contributed by atoms with Crippen molar-refractivity contribution < 1.29 is 9.53 Å². The van der Waals surface area contributed by atoms with Gasteiger partial charge in [-0.3, -0.25) is 4.79 Å². The zero-order valence-electron chi connectivity index (χ0n) is 9.82. The van der Waals surface area contributed by atoms with Gasteiger partial charge in [-0.05, 0) is 17.5 Å². The first kappa shape index (κ1) is 12.1. The summed E-state index contributed by atoms with van der Waals surface area (Å²) in [6.45, 7) is 2.26. The van der Waals surface area contributed by atoms with E-state index in [0.29, 0.717) is 12.5 Å². The van der Waals surface area contributed by atoms with E-state index in [1.807, 2.05) is 0 Å². The van der Waals surface area contributed by atoms with Crippen LogP contribution in [0.3, 0.4) is 0 Å². The van der Waals surface area contributed by atoms with Crippen LogP contribution in [0.4, 0.5) is 0 Å². The Morgan fingerprint density at radius 2 is 2.29 bits per heavy atom. The highest BCUT2D eigenvalue weighted by Gasteiger charge is 2.24. The Kier molecular flexibility index (Phi) is 4.12. The second-order valence-corrected chi connectivity index (χ2v) is 4.32. The number of nitrogens with two attached hydrogens (primary N) is 1. The molecule has 4 nitrogen and oxygen atoms in total. The van der Waals surface area contributed by atoms with E-state index in [1.54, 1.807) is 0 Å². The number of carbonyl (C=O) groups is 1. The summed E-state index contributed by atoms with van der Waals surface area (Å²) in [6.07, 6.45) is 1.16. The Morgan fingerprint density at radius 1 is 1.47 bits per heavy atom. The summed E-state index contributed by atoms with van der Waals surface area (Å²) in [7, 11) is 0. The number of carbonyl (C=O) groups excluding carboxylic acids is 1. The molecule has 1 aromatic rings. The molecule has 3 N–H and O–H groups in total. The van der Waals surface area contributed by atoms with Gasteiger partial charge >= 0.3 is 0 Å². The van der Waals surface area contributed by atoms with Crippen LogP contribution < -0.4 is 11.1 Å². The molecule has 1 unspecified atom stereocenters. The third-order valence-electron chi connectivity index (χ3n) is 3.02. The molecule has 0 radical (unpaired) electrons. The van der Waals surface area contributed by atoms with E-state index in [9.17, 15) is 4.79 Å². The Morgan fingerprint density at radius 3 is 3.06 bits per heavy atom. The van der Waals surface area contributed by atoms with Crippen molar-refractivity contribution in [3.05, 3.63) is 35.4 Å². The van der Waals surface area contributed by atoms with Crippen molar-refractivity contribution in [2.45, 2.75) is 12.3 Å². The van der Waals surface area contributed by atoms with Gasteiger partial charge in [-0.1, -0.05) is 24.3 Å². The van der Waals surface area contributed by atoms with Crippen LogP contribution in [0, 0.1) is 0 Å². The predicted molar refractivity (Wildman–Crippen MR) is 65.8 cm³/mol. The maximum Gasteiger partial charge on any atom is 0.243 e. The van der Waals surface area contributed by atoms with Gasteiger partial charge in [0.25, 0.3) is 0 Å². The summed E-state index contributed by atoms with van der Waals surface area (Å²) >= 11 is 0. The lowest BCUT2D eigenvalue weighted by atomic mass is 9.78. The Hall–Kier alpha value is -1.39. The topological polar surface area (TPSA) is 64.4 Å². The van der Waals surface area contributed by atoms with Crippen molar-refractivity contribution in [1.29, 1.82) is 0 Å². The van der Waals surface area contributed by atoms with E-state index in [0.717, 1.165) is 19.5 Å². The molecule has 4 heteroatoms. The molecule has 0 fully saturated rings. The van der Waals surface area contributed by atoms with Gasteiger partial charge in [-0.15, -0.1) is 0 Å². The van der Waals surface area contributed by atoms with Crippen LogP contribution in [0.2, 0.25) is 0 Å². The minimum atomic E-state index is -0.419. The van der Waals surface area contributed by atoms with Crippen LogP contribution in [0.15, 0.2) is 24.3 Å². The highest BCUT2D eigenvalue weighted by atomic mass is 16.5. The molecule has 0 saturated heterocycles. The zero-order chi connectivity index (χ0) is 12.1. The summed E-state index contributed by atoms with van der Waals surface area (Å²) in [4.78, 5) is 10.4. The van der Waals surface area contributed by atoms with Crippen LogP contribution >= 0.6 is 0 Å². The molecule has 0 bridgehead atoms. The highest BCUT2D eigenvalue weighted by Crippen LogP contribution is 2.33. The van der Waals surface area contributed by atoms with Gasteiger partial charge in [0.15, 0.2) is 0 Å². The van der Waals surface area contributed by atoms with Gasteiger partial charge < -0.3 is 15.8 Å². The minimum absolute atomic E-state index is 0.00788. The SMILES string of the molecule is NC(=O)COCCNCC1Cc2ccccc21. The Bertz CT molecular complexity index is 393. The molecule has 0 aromatic heterocycles. The lowest BCUT2D eigenvalue weighted by Crippen LogP contribution is -2.31. The van der Waals surface area contributed by atoms with Crippen LogP contribution in [0.5, 0.6) is 0 Å². The van der Waals surface area contributed by atoms with E-state index >= 15 is 0 Å². The molecule has 17 heavy (non-hydrogen) atoms. The van der Waals surface area contributed by atoms with E-state index in [4.69, 9.17) is 10.5 Å². The number of benzene rings is 1. The van der Waals surface area contributed by atoms with Gasteiger partial charge in [-0.2, -0.15) is 0 Å². The lowest BCUT2D eigenvalue weighted by Gasteiger charge is -2.30. The van der Waals surface area contributed by atoms with Gasteiger partial charge in [0, 0.05) is 19.0 Å². The molecule has 1 aliphatic carbocycles. The van der Waals surface area contributed by atoms with Gasteiger partial charge in [-0.25, -0.2) is 0 Å². The van der Waals surface area contributed by atoms with Crippen molar-refractivity contribution in [2.75, 3.05) is 26.3 Å². The van der Waals surface area contributed by atoms with Gasteiger partial charge in [0.2, 0.25) is 5.91 Å². The number of hydrogen-bond acceptors (Lipinski definition) is 3. The standard InChI is InChI=1S/C13H18N2O2/c14-13(16)9-17-6-5-15-8-11-7-10-3-1-2-4-12(10)11/h1-4,11,15H,5-9H2,(H2,14,16). The fraction of sp³-hybridized carbons (Fsp3) is 0.462. The molecule has 0 aliphatic heterocycles. The summed E-state index contributed by atoms with van der Waals surface area (Å²) in [5.41, 5.74) is 7.87. The quantitative estimate of drug-likeness (QED) is 0.672. The van der Waals surface area contributed by atoms with Crippen LogP contribution in [0.1, 0.15) is 17.0 Å². The molecule has 2 rings (SSSR count). The number of ether oxygens (including phenoxy) is 1. The third kappa shape index (κ3) is 3.28. The highest BCUT2D eigenvalue weighted by molar-refractivity contribution is 5.74. The molecule has 0 spiro atoms. The third-order valence-corrected chi connectivity index (χ3v) is 3.02. The van der Waals surface area contributed by atoms with E-state index in [-0.39, 0.29) is 6.61 Å². The smallest absolute Gasteiger partial charge is 0.243 e. The number of amides is 1. The molecular weight excluding hydrogens is 216 g/mol. The van der Waals surface area contributed by atoms with Crippen LogP contribution in [0.25, 0.3) is 0 Å². The van der Waals surface area contributed by atoms with E-state index < -0.39 is 5.91 Å². The predicted octanol–water partition coefficient (Wildman–Crippen LogP) is 0.418. The molecule has 92 valence electrons. The molecule has 1 aromatic carbocycles. The van der Waals surface area contributed by atoms with Gasteiger partial charge in [0.05, 0.1) is 6.61 Å². The van der Waals surface area contributed by atoms with Crippen LogP contribution in [-0.2, 0) is 16.0 Å². The second kappa shape index (κ2) is 5.80. The van der Waals surface area contributed by atoms with E-state index in [2.05, 4.69) is 29.6 Å². The largest absolute Gasteiger partial charge is 0.370 e. The fourth-order valence-corrected chi connectivity index (χ4v) is 2.14. The number of primary amides is 1. The van der Waals surface area contributed by atoms with Gasteiger partial charge in [0.1, 0.15) is 6.61 Å². The maximum absolute atomic E-state index is 10.4.